The lowest BCUT2D eigenvalue weighted by molar-refractivity contribution is 0.172. The number of rotatable bonds is 7. The lowest BCUT2D eigenvalue weighted by atomic mass is 10.2. The van der Waals surface area contributed by atoms with Gasteiger partial charge >= 0.3 is 0 Å². The first-order valence-electron chi connectivity index (χ1n) is 4.80. The topological polar surface area (TPSA) is 81.4 Å². The Bertz CT molecular complexity index is 256. The van der Waals surface area contributed by atoms with Gasteiger partial charge in [0.25, 0.3) is 0 Å². The number of ether oxygens (including phenoxy) is 1. The Morgan fingerprint density at radius 2 is 2.21 bits per heavy atom. The largest absolute Gasteiger partial charge is 0.383 e. The van der Waals surface area contributed by atoms with E-state index in [1.165, 1.54) is 0 Å². The zero-order chi connectivity index (χ0) is 10.6. The fraction of sp³-hybridized carbons (Fsp3) is 1.00. The molecule has 3 N–H and O–H groups in total. The highest BCUT2D eigenvalue weighted by Crippen LogP contribution is 2.27. The molecule has 5 nitrogen and oxygen atoms in total. The van der Waals surface area contributed by atoms with Crippen LogP contribution in [-0.4, -0.2) is 40.0 Å². The summed E-state index contributed by atoms with van der Waals surface area (Å²) in [5, 5.41) is -0.181. The van der Waals surface area contributed by atoms with E-state index < -0.39 is 10.0 Å². The first kappa shape index (κ1) is 11.9. The summed E-state index contributed by atoms with van der Waals surface area (Å²) in [7, 11) is -1.57. The maximum Gasteiger partial charge on any atom is 0.214 e. The van der Waals surface area contributed by atoms with Crippen LogP contribution in [0.2, 0.25) is 0 Å². The molecular formula is C8H18N2O3S. The number of hydrogen-bond acceptors (Lipinski definition) is 4. The summed E-state index contributed by atoms with van der Waals surface area (Å²) in [5.41, 5.74) is 5.38. The molecular weight excluding hydrogens is 204 g/mol. The van der Waals surface area contributed by atoms with Gasteiger partial charge in [-0.25, -0.2) is 13.1 Å². The zero-order valence-corrected chi connectivity index (χ0v) is 9.22. The molecule has 0 spiro atoms. The molecule has 84 valence electrons. The van der Waals surface area contributed by atoms with Crippen LogP contribution in [-0.2, 0) is 14.8 Å². The first-order valence-corrected chi connectivity index (χ1v) is 6.35. The van der Waals surface area contributed by atoms with Crippen molar-refractivity contribution in [2.24, 2.45) is 5.73 Å². The van der Waals surface area contributed by atoms with Crippen molar-refractivity contribution in [1.29, 1.82) is 0 Å². The fourth-order valence-electron chi connectivity index (χ4n) is 1.29. The quantitative estimate of drug-likeness (QED) is 0.604. The summed E-state index contributed by atoms with van der Waals surface area (Å²) >= 11 is 0. The first-order chi connectivity index (χ1) is 6.60. The van der Waals surface area contributed by atoms with Crippen molar-refractivity contribution in [1.82, 2.24) is 4.72 Å². The molecule has 1 atom stereocenters. The van der Waals surface area contributed by atoms with Crippen LogP contribution in [0.4, 0.5) is 0 Å². The van der Waals surface area contributed by atoms with Crippen LogP contribution >= 0.6 is 0 Å². The minimum atomic E-state index is -3.12. The van der Waals surface area contributed by atoms with Gasteiger partial charge in [0.1, 0.15) is 0 Å². The van der Waals surface area contributed by atoms with Crippen molar-refractivity contribution in [3.8, 4) is 0 Å². The molecule has 0 aromatic heterocycles. The van der Waals surface area contributed by atoms with E-state index in [4.69, 9.17) is 10.5 Å². The Hall–Kier alpha value is -0.170. The highest BCUT2D eigenvalue weighted by atomic mass is 32.2. The second kappa shape index (κ2) is 5.06. The smallest absolute Gasteiger partial charge is 0.214 e. The molecule has 0 amide bonds. The average Bonchev–Trinajstić information content (AvgIpc) is 2.86. The summed E-state index contributed by atoms with van der Waals surface area (Å²) in [6.45, 7) is 0.838. The molecule has 1 unspecified atom stereocenters. The average molecular weight is 222 g/mol. The molecule has 0 heterocycles. The molecule has 0 aromatic carbocycles. The third-order valence-corrected chi connectivity index (χ3v) is 4.19. The standard InChI is InChI=1S/C8H18N2O3S/c1-13-6-7(4-5-9)10-14(11,12)8-2-3-8/h7-8,10H,2-6,9H2,1H3. The fourth-order valence-corrected chi connectivity index (χ4v) is 2.89. The lowest BCUT2D eigenvalue weighted by Crippen LogP contribution is -2.41. The second-order valence-corrected chi connectivity index (χ2v) is 5.58. The van der Waals surface area contributed by atoms with Gasteiger partial charge in [-0.05, 0) is 25.8 Å². The molecule has 0 aliphatic heterocycles. The van der Waals surface area contributed by atoms with Gasteiger partial charge < -0.3 is 10.5 Å². The lowest BCUT2D eigenvalue weighted by Gasteiger charge is -2.16. The van der Waals surface area contributed by atoms with Crippen molar-refractivity contribution >= 4 is 10.0 Å². The summed E-state index contributed by atoms with van der Waals surface area (Å²) in [6, 6.07) is -0.185. The van der Waals surface area contributed by atoms with E-state index in [2.05, 4.69) is 4.72 Å². The highest BCUT2D eigenvalue weighted by Gasteiger charge is 2.36. The second-order valence-electron chi connectivity index (χ2n) is 3.59. The number of nitrogens with two attached hydrogens (primary N) is 1. The third kappa shape index (κ3) is 3.53. The van der Waals surface area contributed by atoms with Crippen LogP contribution in [0.15, 0.2) is 0 Å². The van der Waals surface area contributed by atoms with Crippen LogP contribution in [0.25, 0.3) is 0 Å². The van der Waals surface area contributed by atoms with Crippen molar-refractivity contribution in [3.05, 3.63) is 0 Å². The van der Waals surface area contributed by atoms with Crippen molar-refractivity contribution in [3.63, 3.8) is 0 Å². The number of methoxy groups -OCH3 is 1. The summed E-state index contributed by atoms with van der Waals surface area (Å²) in [4.78, 5) is 0. The van der Waals surface area contributed by atoms with Crippen LogP contribution in [0.3, 0.4) is 0 Å². The zero-order valence-electron chi connectivity index (χ0n) is 8.40. The predicted molar refractivity (Wildman–Crippen MR) is 54.4 cm³/mol. The van der Waals surface area contributed by atoms with E-state index in [-0.39, 0.29) is 11.3 Å². The van der Waals surface area contributed by atoms with Crippen LogP contribution in [0.1, 0.15) is 19.3 Å². The van der Waals surface area contributed by atoms with Crippen LogP contribution in [0.5, 0.6) is 0 Å². The Balaban J connectivity index is 2.44. The Kier molecular flexibility index (Phi) is 4.31. The van der Waals surface area contributed by atoms with Gasteiger partial charge in [0, 0.05) is 13.2 Å². The van der Waals surface area contributed by atoms with Gasteiger partial charge in [0.2, 0.25) is 10.0 Å². The molecule has 1 aliphatic carbocycles. The number of sulfonamides is 1. The molecule has 0 bridgehead atoms. The van der Waals surface area contributed by atoms with Crippen molar-refractivity contribution in [2.45, 2.75) is 30.6 Å². The number of hydrogen-bond donors (Lipinski definition) is 2. The molecule has 0 aromatic rings. The third-order valence-electron chi connectivity index (χ3n) is 2.18. The maximum absolute atomic E-state index is 11.5. The Morgan fingerprint density at radius 1 is 1.57 bits per heavy atom. The van der Waals surface area contributed by atoms with Gasteiger partial charge in [0.05, 0.1) is 11.9 Å². The van der Waals surface area contributed by atoms with Crippen molar-refractivity contribution < 1.29 is 13.2 Å². The molecule has 1 saturated carbocycles. The van der Waals surface area contributed by atoms with E-state index in [1.807, 2.05) is 0 Å². The SMILES string of the molecule is COCC(CCN)NS(=O)(=O)C1CC1. The molecule has 14 heavy (non-hydrogen) atoms. The van der Waals surface area contributed by atoms with E-state index in [0.29, 0.717) is 19.6 Å². The Morgan fingerprint density at radius 3 is 2.64 bits per heavy atom. The molecule has 6 heteroatoms. The summed E-state index contributed by atoms with van der Waals surface area (Å²) < 4.78 is 30.6. The molecule has 1 fully saturated rings. The minimum absolute atomic E-state index is 0.181. The van der Waals surface area contributed by atoms with Gasteiger partial charge in [-0.15, -0.1) is 0 Å². The summed E-state index contributed by atoms with van der Waals surface area (Å²) in [6.07, 6.45) is 2.16. The van der Waals surface area contributed by atoms with Crippen LogP contribution < -0.4 is 10.5 Å². The van der Waals surface area contributed by atoms with E-state index >= 15 is 0 Å². The van der Waals surface area contributed by atoms with Gasteiger partial charge in [-0.1, -0.05) is 0 Å². The van der Waals surface area contributed by atoms with E-state index in [0.717, 1.165) is 12.8 Å². The van der Waals surface area contributed by atoms with Gasteiger partial charge in [0.15, 0.2) is 0 Å². The van der Waals surface area contributed by atoms with Gasteiger partial charge in [-0.3, -0.25) is 0 Å². The normalized spacial score (nSPS) is 19.6. The predicted octanol–water partition coefficient (Wildman–Crippen LogP) is -0.568. The minimum Gasteiger partial charge on any atom is -0.383 e. The van der Waals surface area contributed by atoms with Crippen molar-refractivity contribution in [2.75, 3.05) is 20.3 Å². The van der Waals surface area contributed by atoms with E-state index in [9.17, 15) is 8.42 Å². The highest BCUT2D eigenvalue weighted by molar-refractivity contribution is 7.90. The number of nitrogens with one attached hydrogen (secondary N) is 1. The molecule has 1 rings (SSSR count). The van der Waals surface area contributed by atoms with Gasteiger partial charge in [-0.2, -0.15) is 0 Å². The monoisotopic (exact) mass is 222 g/mol. The maximum atomic E-state index is 11.5. The summed E-state index contributed by atoms with van der Waals surface area (Å²) in [5.74, 6) is 0. The molecule has 0 radical (unpaired) electrons. The van der Waals surface area contributed by atoms with Crippen LogP contribution in [0, 0.1) is 0 Å². The molecule has 0 saturated heterocycles. The Labute approximate surface area is 85.1 Å². The van der Waals surface area contributed by atoms with E-state index in [1.54, 1.807) is 7.11 Å². The molecule has 1 aliphatic rings.